The zero-order valence-electron chi connectivity index (χ0n) is 32.5. The molecule has 1 amide bonds. The van der Waals surface area contributed by atoms with Gasteiger partial charge in [0.15, 0.2) is 0 Å². The van der Waals surface area contributed by atoms with Gasteiger partial charge in [-0.3, -0.25) is 14.8 Å². The number of aryl methyl sites for hydroxylation is 2. The highest BCUT2D eigenvalue weighted by atomic mass is 16.5. The molecule has 0 aliphatic heterocycles. The number of oxazole rings is 2. The van der Waals surface area contributed by atoms with E-state index in [4.69, 9.17) is 39.2 Å². The lowest BCUT2D eigenvalue weighted by atomic mass is 10.1. The van der Waals surface area contributed by atoms with Crippen molar-refractivity contribution >= 4 is 11.9 Å². The Balaban J connectivity index is 0.000000169. The van der Waals surface area contributed by atoms with E-state index < -0.39 is 5.97 Å². The van der Waals surface area contributed by atoms with Gasteiger partial charge >= 0.3 is 5.97 Å². The van der Waals surface area contributed by atoms with Crippen molar-refractivity contribution in [3.63, 3.8) is 0 Å². The maximum atomic E-state index is 12.4. The van der Waals surface area contributed by atoms with E-state index in [1.165, 1.54) is 24.7 Å². The van der Waals surface area contributed by atoms with Crippen molar-refractivity contribution in [1.82, 2.24) is 45.5 Å². The van der Waals surface area contributed by atoms with Gasteiger partial charge in [0, 0.05) is 80.3 Å². The molecule has 0 aliphatic rings. The summed E-state index contributed by atoms with van der Waals surface area (Å²) in [6.45, 7) is 4.28. The summed E-state index contributed by atoms with van der Waals surface area (Å²) in [6.07, 6.45) is 10.2. The molecule has 0 unspecified atom stereocenters. The van der Waals surface area contributed by atoms with E-state index in [1.807, 2.05) is 12.1 Å². The summed E-state index contributed by atoms with van der Waals surface area (Å²) in [5.74, 6) is 1.31. The maximum Gasteiger partial charge on any atom is 0.337 e. The Morgan fingerprint density at radius 2 is 1.15 bits per heavy atom. The highest BCUT2D eigenvalue weighted by Gasteiger charge is 2.13. The zero-order chi connectivity index (χ0) is 43.1. The molecule has 61 heavy (non-hydrogen) atoms. The molecule has 2 aromatic carbocycles. The molecule has 0 spiro atoms. The normalized spacial score (nSPS) is 10.3. The van der Waals surface area contributed by atoms with Crippen molar-refractivity contribution in [2.75, 3.05) is 13.1 Å². The molecule has 8 rings (SSSR count). The molecular formula is C42H34N12O7. The summed E-state index contributed by atoms with van der Waals surface area (Å²) in [6, 6.07) is 21.3. The monoisotopic (exact) mass is 818 g/mol. The van der Waals surface area contributed by atoms with E-state index in [1.54, 1.807) is 75.0 Å². The Labute approximate surface area is 346 Å². The fourth-order valence-corrected chi connectivity index (χ4v) is 5.24. The van der Waals surface area contributed by atoms with E-state index >= 15 is 0 Å². The predicted octanol–water partition coefficient (Wildman–Crippen LogP) is 5.79. The van der Waals surface area contributed by atoms with Gasteiger partial charge in [-0.1, -0.05) is 10.3 Å². The van der Waals surface area contributed by atoms with Crippen LogP contribution in [-0.4, -0.2) is 70.3 Å². The molecule has 0 saturated carbocycles. The zero-order valence-corrected chi connectivity index (χ0v) is 32.5. The number of carboxylic acids is 1. The molecular weight excluding hydrogens is 785 g/mol. The number of pyridine rings is 2. The van der Waals surface area contributed by atoms with E-state index in [2.05, 4.69) is 57.7 Å². The van der Waals surface area contributed by atoms with Gasteiger partial charge in [-0.05, 0) is 67.2 Å². The van der Waals surface area contributed by atoms with Crippen LogP contribution in [0.1, 0.15) is 55.0 Å². The van der Waals surface area contributed by atoms with E-state index in [-0.39, 0.29) is 11.5 Å². The number of carbonyl (C=O) groups is 2. The standard InChI is InChI=1S/C21H16N6O3.C12H11N3O.C9H7N3O3/c1-13-25-19(27-30-13)16-8-17(11-23-10-16)20(28)24-7-6-18-12-29-21(26-18)15-4-2-14(9-22)3-5-15;13-6-5-11-8-16-12(15-11)10-3-1-9(7-14)2-4-10;1-5-11-8(12-15-5)6-2-7(9(13)14)4-10-3-6/h2-5,8,10-12H,6-7H2,1H3,(H,24,28);1-4,8H,5-6,13H2;2-4H,1H3,(H,13,14). The van der Waals surface area contributed by atoms with Crippen LogP contribution in [0, 0.1) is 36.5 Å². The number of rotatable bonds is 11. The van der Waals surface area contributed by atoms with Crippen LogP contribution in [0.4, 0.5) is 0 Å². The summed E-state index contributed by atoms with van der Waals surface area (Å²) in [5.41, 5.74) is 11.4. The summed E-state index contributed by atoms with van der Waals surface area (Å²) >= 11 is 0. The third kappa shape index (κ3) is 11.5. The predicted molar refractivity (Wildman–Crippen MR) is 214 cm³/mol. The Morgan fingerprint density at radius 1 is 0.672 bits per heavy atom. The number of nitrogens with zero attached hydrogens (tertiary/aromatic N) is 10. The number of nitrogens with two attached hydrogens (primary N) is 1. The first-order chi connectivity index (χ1) is 29.6. The second-order valence-corrected chi connectivity index (χ2v) is 12.7. The third-order valence-corrected chi connectivity index (χ3v) is 8.25. The Hall–Kier alpha value is -8.68. The first-order valence-corrected chi connectivity index (χ1v) is 18.2. The molecule has 0 atom stereocenters. The number of carboxylic acid groups (broad SMARTS) is 1. The highest BCUT2D eigenvalue weighted by Crippen LogP contribution is 2.21. The third-order valence-electron chi connectivity index (χ3n) is 8.25. The molecule has 0 radical (unpaired) electrons. The number of hydrogen-bond donors (Lipinski definition) is 3. The SMILES string of the molecule is Cc1nc(-c2cncc(C(=O)NCCc3coc(-c4ccc(C#N)cc4)n3)c2)no1.Cc1nc(-c2cncc(C(=O)O)c2)no1.N#Cc1ccc(-c2nc(CCN)co2)cc1. The molecule has 0 aliphatic carbocycles. The highest BCUT2D eigenvalue weighted by molar-refractivity contribution is 5.94. The van der Waals surface area contributed by atoms with Crippen molar-refractivity contribution in [2.24, 2.45) is 5.73 Å². The summed E-state index contributed by atoms with van der Waals surface area (Å²) in [5, 5.41) is 36.6. The average Bonchev–Trinajstić information content (AvgIpc) is 4.14. The van der Waals surface area contributed by atoms with Gasteiger partial charge in [-0.2, -0.15) is 20.5 Å². The molecule has 6 heterocycles. The lowest BCUT2D eigenvalue weighted by Crippen LogP contribution is -2.25. The second kappa shape index (κ2) is 20.1. The molecule has 0 bridgehead atoms. The van der Waals surface area contributed by atoms with Gasteiger partial charge in [0.05, 0.1) is 45.8 Å². The van der Waals surface area contributed by atoms with E-state index in [0.29, 0.717) is 94.7 Å². The summed E-state index contributed by atoms with van der Waals surface area (Å²) in [4.78, 5) is 47.8. The van der Waals surface area contributed by atoms with Crippen LogP contribution in [0.2, 0.25) is 0 Å². The van der Waals surface area contributed by atoms with Crippen LogP contribution < -0.4 is 11.1 Å². The van der Waals surface area contributed by atoms with Gasteiger partial charge in [0.1, 0.15) is 12.5 Å². The number of carbonyl (C=O) groups excluding carboxylic acids is 1. The van der Waals surface area contributed by atoms with Crippen molar-refractivity contribution in [1.29, 1.82) is 10.5 Å². The molecule has 304 valence electrons. The molecule has 0 saturated heterocycles. The van der Waals surface area contributed by atoms with Gasteiger partial charge in [0.25, 0.3) is 5.91 Å². The Kier molecular flexibility index (Phi) is 13.8. The minimum Gasteiger partial charge on any atom is -0.478 e. The fourth-order valence-electron chi connectivity index (χ4n) is 5.24. The minimum absolute atomic E-state index is 0.0925. The topological polar surface area (TPSA) is 296 Å². The average molecular weight is 819 g/mol. The summed E-state index contributed by atoms with van der Waals surface area (Å²) in [7, 11) is 0. The molecule has 0 fully saturated rings. The number of benzene rings is 2. The molecule has 8 aromatic rings. The van der Waals surface area contributed by atoms with Crippen molar-refractivity contribution in [2.45, 2.75) is 26.7 Å². The lowest BCUT2D eigenvalue weighted by Gasteiger charge is -2.04. The first-order valence-electron chi connectivity index (χ1n) is 18.2. The summed E-state index contributed by atoms with van der Waals surface area (Å²) < 4.78 is 20.6. The van der Waals surface area contributed by atoms with Crippen LogP contribution in [0.3, 0.4) is 0 Å². The first kappa shape index (κ1) is 41.9. The number of nitrogens with one attached hydrogen (secondary N) is 1. The molecule has 19 heteroatoms. The smallest absolute Gasteiger partial charge is 0.337 e. The molecule has 4 N–H and O–H groups in total. The quantitative estimate of drug-likeness (QED) is 0.139. The number of hydrogen-bond acceptors (Lipinski definition) is 17. The van der Waals surface area contributed by atoms with Gasteiger partial charge in [-0.15, -0.1) is 0 Å². The molecule has 19 nitrogen and oxygen atoms in total. The maximum absolute atomic E-state index is 12.4. The van der Waals surface area contributed by atoms with Crippen molar-refractivity contribution < 1.29 is 32.6 Å². The molecule has 6 aromatic heterocycles. The largest absolute Gasteiger partial charge is 0.478 e. The Morgan fingerprint density at radius 3 is 1.59 bits per heavy atom. The van der Waals surface area contributed by atoms with Crippen molar-refractivity contribution in [3.8, 4) is 57.8 Å². The van der Waals surface area contributed by atoms with Gasteiger partial charge in [-0.25, -0.2) is 14.8 Å². The number of aromatic carboxylic acids is 1. The van der Waals surface area contributed by atoms with Crippen LogP contribution in [0.25, 0.3) is 45.7 Å². The fraction of sp³-hybridized carbons (Fsp3) is 0.143. The van der Waals surface area contributed by atoms with Crippen molar-refractivity contribution in [3.05, 3.63) is 143 Å². The van der Waals surface area contributed by atoms with Gasteiger partial charge in [0.2, 0.25) is 35.2 Å². The van der Waals surface area contributed by atoms with E-state index in [9.17, 15) is 9.59 Å². The van der Waals surface area contributed by atoms with Crippen LogP contribution in [-0.2, 0) is 12.8 Å². The van der Waals surface area contributed by atoms with Crippen LogP contribution >= 0.6 is 0 Å². The number of nitriles is 2. The van der Waals surface area contributed by atoms with E-state index in [0.717, 1.165) is 16.8 Å². The van der Waals surface area contributed by atoms with Crippen LogP contribution in [0.5, 0.6) is 0 Å². The second-order valence-electron chi connectivity index (χ2n) is 12.7. The minimum atomic E-state index is -1.04. The lowest BCUT2D eigenvalue weighted by molar-refractivity contribution is 0.0696. The van der Waals surface area contributed by atoms with Crippen LogP contribution in [0.15, 0.2) is 116 Å². The van der Waals surface area contributed by atoms with Gasteiger partial charge < -0.3 is 34.0 Å². The number of amides is 1. The number of aromatic nitrogens is 8. The Bertz CT molecular complexity index is 2810.